The van der Waals surface area contributed by atoms with Gasteiger partial charge in [-0.3, -0.25) is 4.79 Å². The molecule has 0 aliphatic heterocycles. The molecule has 4 aromatic rings. The van der Waals surface area contributed by atoms with E-state index in [9.17, 15) is 4.79 Å². The minimum Gasteiger partial charge on any atom is -0.455 e. The van der Waals surface area contributed by atoms with Gasteiger partial charge in [-0.1, -0.05) is 66.2 Å². The Bertz CT molecular complexity index is 1090. The lowest BCUT2D eigenvalue weighted by molar-refractivity contribution is -0.144. The largest absolute Gasteiger partial charge is 0.455 e. The molecule has 0 aliphatic carbocycles. The van der Waals surface area contributed by atoms with Crippen LogP contribution in [0.3, 0.4) is 0 Å². The van der Waals surface area contributed by atoms with Crippen LogP contribution in [0.5, 0.6) is 0 Å². The number of esters is 1. The van der Waals surface area contributed by atoms with Crippen LogP contribution in [0.25, 0.3) is 22.6 Å². The molecule has 0 amide bonds. The molecule has 1 aromatic heterocycles. The molecular weight excluding hydrogens is 388 g/mol. The molecule has 4 rings (SSSR count). The smallest absolute Gasteiger partial charge is 0.310 e. The number of benzene rings is 3. The number of ether oxygens (including phenoxy) is 1. The second kappa shape index (κ2) is 8.71. The Hall–Kier alpha value is -3.44. The summed E-state index contributed by atoms with van der Waals surface area (Å²) in [6.07, 6.45) is 0.174. The second-order valence-corrected chi connectivity index (χ2v) is 6.84. The quantitative estimate of drug-likeness (QED) is 0.406. The fraction of sp³-hybridized carbons (Fsp3) is 0.0870. The van der Waals surface area contributed by atoms with E-state index in [0.717, 1.165) is 22.3 Å². The molecule has 3 aromatic carbocycles. The van der Waals surface area contributed by atoms with Crippen molar-refractivity contribution in [3.8, 4) is 22.6 Å². The number of rotatable bonds is 6. The van der Waals surface area contributed by atoms with Crippen LogP contribution in [-0.2, 0) is 22.6 Å². The summed E-state index contributed by atoms with van der Waals surface area (Å²) in [6.45, 7) is -0.0679. The van der Waals surface area contributed by atoms with E-state index >= 15 is 0 Å². The van der Waals surface area contributed by atoms with Crippen molar-refractivity contribution in [2.45, 2.75) is 13.0 Å². The van der Waals surface area contributed by atoms with Gasteiger partial charge in [0.05, 0.1) is 6.42 Å². The van der Waals surface area contributed by atoms with Gasteiger partial charge in [0.1, 0.15) is 0 Å². The van der Waals surface area contributed by atoms with Crippen molar-refractivity contribution in [3.63, 3.8) is 0 Å². The first kappa shape index (κ1) is 18.9. The van der Waals surface area contributed by atoms with Crippen LogP contribution in [0.1, 0.15) is 11.5 Å². The first-order valence-corrected chi connectivity index (χ1v) is 9.43. The van der Waals surface area contributed by atoms with Gasteiger partial charge >= 0.3 is 5.97 Å². The Kier molecular flexibility index (Phi) is 5.68. The number of carbonyl (C=O) groups is 1. The Labute approximate surface area is 172 Å². The van der Waals surface area contributed by atoms with Crippen molar-refractivity contribution < 1.29 is 13.9 Å². The average Bonchev–Trinajstić information content (AvgIpc) is 3.23. The lowest BCUT2D eigenvalue weighted by Crippen LogP contribution is -2.08. The second-order valence-electron chi connectivity index (χ2n) is 6.41. The molecular formula is C23H17ClN2O3. The Morgan fingerprint density at radius 3 is 2.21 bits per heavy atom. The van der Waals surface area contributed by atoms with Gasteiger partial charge in [-0.25, -0.2) is 0 Å². The van der Waals surface area contributed by atoms with Gasteiger partial charge < -0.3 is 9.15 Å². The van der Waals surface area contributed by atoms with Crippen molar-refractivity contribution in [2.75, 3.05) is 0 Å². The monoisotopic (exact) mass is 404 g/mol. The maximum atomic E-state index is 12.1. The van der Waals surface area contributed by atoms with Gasteiger partial charge in [-0.15, -0.1) is 10.2 Å². The summed E-state index contributed by atoms with van der Waals surface area (Å²) >= 11 is 5.87. The molecule has 0 spiro atoms. The number of nitrogens with zero attached hydrogens (tertiary/aromatic N) is 2. The molecule has 0 N–H and O–H groups in total. The van der Waals surface area contributed by atoms with Crippen LogP contribution in [0.2, 0.25) is 5.02 Å². The zero-order valence-electron chi connectivity index (χ0n) is 15.4. The van der Waals surface area contributed by atoms with Crippen molar-refractivity contribution in [2.24, 2.45) is 0 Å². The predicted octanol–water partition coefficient (Wildman–Crippen LogP) is 5.34. The van der Waals surface area contributed by atoms with Gasteiger partial charge in [0.25, 0.3) is 5.89 Å². The summed E-state index contributed by atoms with van der Waals surface area (Å²) in [7, 11) is 0. The SMILES string of the molecule is O=C(Cc1ccc(-c2ccccc2)cc1)OCc1nnc(-c2ccc(Cl)cc2)o1. The van der Waals surface area contributed by atoms with Gasteiger partial charge in [0.2, 0.25) is 5.89 Å². The molecule has 0 fully saturated rings. The summed E-state index contributed by atoms with van der Waals surface area (Å²) in [5.41, 5.74) is 3.86. The van der Waals surface area contributed by atoms with Crippen molar-refractivity contribution in [3.05, 3.63) is 95.3 Å². The molecule has 144 valence electrons. The lowest BCUT2D eigenvalue weighted by atomic mass is 10.0. The maximum absolute atomic E-state index is 12.1. The summed E-state index contributed by atoms with van der Waals surface area (Å²) in [6, 6.07) is 25.0. The highest BCUT2D eigenvalue weighted by molar-refractivity contribution is 6.30. The van der Waals surface area contributed by atoms with E-state index in [4.69, 9.17) is 20.8 Å². The number of halogens is 1. The van der Waals surface area contributed by atoms with Crippen molar-refractivity contribution in [1.29, 1.82) is 0 Å². The summed E-state index contributed by atoms with van der Waals surface area (Å²) in [5.74, 6) is 0.232. The average molecular weight is 405 g/mol. The van der Waals surface area contributed by atoms with Gasteiger partial charge in [0, 0.05) is 10.6 Å². The normalized spacial score (nSPS) is 10.7. The molecule has 1 heterocycles. The topological polar surface area (TPSA) is 65.2 Å². The van der Waals surface area contributed by atoms with Gasteiger partial charge in [0.15, 0.2) is 6.61 Å². The molecule has 0 bridgehead atoms. The number of carbonyl (C=O) groups excluding carboxylic acids is 1. The molecule has 0 aliphatic rings. The van der Waals surface area contributed by atoms with Crippen molar-refractivity contribution in [1.82, 2.24) is 10.2 Å². The highest BCUT2D eigenvalue weighted by Gasteiger charge is 2.12. The third kappa shape index (κ3) is 4.89. The first-order chi connectivity index (χ1) is 14.2. The summed E-state index contributed by atoms with van der Waals surface area (Å²) in [5, 5.41) is 8.50. The number of hydrogen-bond donors (Lipinski definition) is 0. The van der Waals surface area contributed by atoms with Crippen LogP contribution in [0, 0.1) is 0 Å². The fourth-order valence-electron chi connectivity index (χ4n) is 2.83. The molecule has 29 heavy (non-hydrogen) atoms. The summed E-state index contributed by atoms with van der Waals surface area (Å²) in [4.78, 5) is 12.1. The molecule has 0 atom stereocenters. The van der Waals surface area contributed by atoms with E-state index in [2.05, 4.69) is 10.2 Å². The molecule has 0 saturated carbocycles. The predicted molar refractivity (Wildman–Crippen MR) is 110 cm³/mol. The zero-order chi connectivity index (χ0) is 20.1. The molecule has 0 unspecified atom stereocenters. The van der Waals surface area contributed by atoms with Crippen LogP contribution >= 0.6 is 11.6 Å². The van der Waals surface area contributed by atoms with Crippen LogP contribution < -0.4 is 0 Å². The first-order valence-electron chi connectivity index (χ1n) is 9.06. The standard InChI is InChI=1S/C23H17ClN2O3/c24-20-12-10-19(11-13-20)23-26-25-21(29-23)15-28-22(27)14-16-6-8-18(9-7-16)17-4-2-1-3-5-17/h1-13H,14-15H2. The molecule has 0 radical (unpaired) electrons. The van der Waals surface area contributed by atoms with E-state index in [-0.39, 0.29) is 24.9 Å². The third-order valence-corrected chi connectivity index (χ3v) is 4.58. The fourth-order valence-corrected chi connectivity index (χ4v) is 2.95. The molecule has 5 nitrogen and oxygen atoms in total. The molecule has 6 heteroatoms. The third-order valence-electron chi connectivity index (χ3n) is 4.32. The number of hydrogen-bond acceptors (Lipinski definition) is 5. The van der Waals surface area contributed by atoms with Crippen LogP contribution in [0.15, 0.2) is 83.3 Å². The van der Waals surface area contributed by atoms with E-state index < -0.39 is 0 Å². The summed E-state index contributed by atoms with van der Waals surface area (Å²) < 4.78 is 10.8. The lowest BCUT2D eigenvalue weighted by Gasteiger charge is -2.05. The van der Waals surface area contributed by atoms with E-state index in [0.29, 0.717) is 10.9 Å². The minimum absolute atomic E-state index is 0.0679. The van der Waals surface area contributed by atoms with Gasteiger partial charge in [-0.05, 0) is 41.0 Å². The zero-order valence-corrected chi connectivity index (χ0v) is 16.2. The Morgan fingerprint density at radius 2 is 1.48 bits per heavy atom. The molecule has 0 saturated heterocycles. The van der Waals surface area contributed by atoms with E-state index in [1.54, 1.807) is 24.3 Å². The van der Waals surface area contributed by atoms with Crippen LogP contribution in [-0.4, -0.2) is 16.2 Å². The van der Waals surface area contributed by atoms with Crippen LogP contribution in [0.4, 0.5) is 0 Å². The highest BCUT2D eigenvalue weighted by Crippen LogP contribution is 2.21. The number of aromatic nitrogens is 2. The van der Waals surface area contributed by atoms with Gasteiger partial charge in [-0.2, -0.15) is 0 Å². The van der Waals surface area contributed by atoms with E-state index in [1.165, 1.54) is 0 Å². The maximum Gasteiger partial charge on any atom is 0.310 e. The minimum atomic E-state index is -0.358. The highest BCUT2D eigenvalue weighted by atomic mass is 35.5. The van der Waals surface area contributed by atoms with E-state index in [1.807, 2.05) is 54.6 Å². The Morgan fingerprint density at radius 1 is 0.828 bits per heavy atom. The Balaban J connectivity index is 1.32. The van der Waals surface area contributed by atoms with Crippen molar-refractivity contribution >= 4 is 17.6 Å².